The van der Waals surface area contributed by atoms with Crippen LogP contribution in [0.4, 0.5) is 4.39 Å². The Balaban J connectivity index is 2.67. The van der Waals surface area contributed by atoms with Crippen molar-refractivity contribution in [1.82, 2.24) is 0 Å². The molecule has 4 heteroatoms. The first-order valence-corrected chi connectivity index (χ1v) is 6.49. The molecule has 0 aliphatic heterocycles. The number of ether oxygens (including phenoxy) is 1. The van der Waals surface area contributed by atoms with E-state index in [2.05, 4.69) is 4.99 Å². The van der Waals surface area contributed by atoms with E-state index in [1.807, 2.05) is 6.92 Å². The highest BCUT2D eigenvalue weighted by Gasteiger charge is 2.38. The fourth-order valence-corrected chi connectivity index (χ4v) is 3.13. The van der Waals surface area contributed by atoms with Crippen molar-refractivity contribution in [1.29, 1.82) is 0 Å². The Morgan fingerprint density at radius 3 is 2.47 bits per heavy atom. The number of rotatable bonds is 3. The molecular weight excluding hydrogens is 245 g/mol. The average Bonchev–Trinajstić information content (AvgIpc) is 2.84. The Morgan fingerprint density at radius 2 is 1.95 bits per heavy atom. The van der Waals surface area contributed by atoms with Gasteiger partial charge in [0.1, 0.15) is 11.6 Å². The van der Waals surface area contributed by atoms with Gasteiger partial charge in [0.05, 0.1) is 12.6 Å². The van der Waals surface area contributed by atoms with Gasteiger partial charge in [0.2, 0.25) is 6.08 Å². The lowest BCUT2D eigenvalue weighted by Gasteiger charge is -2.26. The van der Waals surface area contributed by atoms with E-state index in [1.165, 1.54) is 13.2 Å². The van der Waals surface area contributed by atoms with Crippen LogP contribution in [0.2, 0.25) is 0 Å². The van der Waals surface area contributed by atoms with E-state index in [-0.39, 0.29) is 5.82 Å². The van der Waals surface area contributed by atoms with Crippen molar-refractivity contribution in [2.75, 3.05) is 7.11 Å². The van der Waals surface area contributed by atoms with Crippen LogP contribution in [0.25, 0.3) is 0 Å². The molecule has 0 heterocycles. The van der Waals surface area contributed by atoms with Crippen molar-refractivity contribution < 1.29 is 13.9 Å². The van der Waals surface area contributed by atoms with Gasteiger partial charge in [-0.1, -0.05) is 12.8 Å². The average molecular weight is 263 g/mol. The summed E-state index contributed by atoms with van der Waals surface area (Å²) in [6.45, 7) is 3.58. The quantitative estimate of drug-likeness (QED) is 0.618. The van der Waals surface area contributed by atoms with Gasteiger partial charge < -0.3 is 4.74 Å². The standard InChI is InChI=1S/C15H18FNO2/c1-10-12(8-13(16)11(2)14(10)19-3)15(17-9-18)6-4-5-7-15/h8H,4-7H2,1-3H3. The molecule has 0 radical (unpaired) electrons. The fourth-order valence-electron chi connectivity index (χ4n) is 3.13. The Hall–Kier alpha value is -1.67. The second-order valence-electron chi connectivity index (χ2n) is 5.13. The van der Waals surface area contributed by atoms with Crippen LogP contribution in [-0.4, -0.2) is 13.2 Å². The van der Waals surface area contributed by atoms with Crippen LogP contribution in [0.15, 0.2) is 11.1 Å². The molecule has 0 saturated heterocycles. The first-order chi connectivity index (χ1) is 9.05. The van der Waals surface area contributed by atoms with Crippen LogP contribution in [0, 0.1) is 19.7 Å². The number of aliphatic imine (C=N–C) groups is 1. The number of nitrogens with zero attached hydrogens (tertiary/aromatic N) is 1. The summed E-state index contributed by atoms with van der Waals surface area (Å²) in [6, 6.07) is 1.50. The summed E-state index contributed by atoms with van der Waals surface area (Å²) in [5, 5.41) is 0. The molecule has 0 bridgehead atoms. The second-order valence-corrected chi connectivity index (χ2v) is 5.13. The van der Waals surface area contributed by atoms with Crippen LogP contribution < -0.4 is 4.74 Å². The second kappa shape index (κ2) is 5.14. The molecule has 1 aromatic rings. The molecular formula is C15H18FNO2. The first-order valence-electron chi connectivity index (χ1n) is 6.49. The lowest BCUT2D eigenvalue weighted by atomic mass is 9.84. The lowest BCUT2D eigenvalue weighted by molar-refractivity contribution is 0.394. The number of halogens is 1. The molecule has 0 amide bonds. The molecule has 1 aliphatic rings. The topological polar surface area (TPSA) is 38.7 Å². The number of methoxy groups -OCH3 is 1. The van der Waals surface area contributed by atoms with Crippen LogP contribution >= 0.6 is 0 Å². The van der Waals surface area contributed by atoms with E-state index >= 15 is 0 Å². The Labute approximate surface area is 112 Å². The zero-order valence-electron chi connectivity index (χ0n) is 11.5. The maximum absolute atomic E-state index is 14.1. The third kappa shape index (κ3) is 2.17. The molecule has 1 aliphatic carbocycles. The smallest absolute Gasteiger partial charge is 0.235 e. The number of hydrogen-bond donors (Lipinski definition) is 0. The third-order valence-corrected chi connectivity index (χ3v) is 4.11. The van der Waals surface area contributed by atoms with Gasteiger partial charge in [-0.05, 0) is 43.9 Å². The maximum Gasteiger partial charge on any atom is 0.235 e. The zero-order chi connectivity index (χ0) is 14.0. The number of carbonyl (C=O) groups excluding carboxylic acids is 1. The van der Waals surface area contributed by atoms with Gasteiger partial charge in [-0.3, -0.25) is 0 Å². The first kappa shape index (κ1) is 13.8. The van der Waals surface area contributed by atoms with E-state index in [9.17, 15) is 9.18 Å². The molecule has 1 saturated carbocycles. The fraction of sp³-hybridized carbons (Fsp3) is 0.533. The lowest BCUT2D eigenvalue weighted by Crippen LogP contribution is -2.21. The minimum absolute atomic E-state index is 0.315. The minimum Gasteiger partial charge on any atom is -0.496 e. The van der Waals surface area contributed by atoms with Crippen molar-refractivity contribution in [2.45, 2.75) is 45.1 Å². The molecule has 3 nitrogen and oxygen atoms in total. The zero-order valence-corrected chi connectivity index (χ0v) is 11.5. The molecule has 0 atom stereocenters. The predicted octanol–water partition coefficient (Wildman–Crippen LogP) is 3.56. The van der Waals surface area contributed by atoms with Crippen molar-refractivity contribution in [3.63, 3.8) is 0 Å². The molecule has 0 aromatic heterocycles. The van der Waals surface area contributed by atoms with Gasteiger partial charge in [-0.2, -0.15) is 4.99 Å². The largest absolute Gasteiger partial charge is 0.496 e. The molecule has 2 rings (SSSR count). The molecule has 0 spiro atoms. The van der Waals surface area contributed by atoms with E-state index in [4.69, 9.17) is 4.74 Å². The van der Waals surface area contributed by atoms with Crippen molar-refractivity contribution in [3.05, 3.63) is 28.6 Å². The Bertz CT molecular complexity index is 542. The van der Waals surface area contributed by atoms with E-state index < -0.39 is 5.54 Å². The molecule has 1 fully saturated rings. The summed E-state index contributed by atoms with van der Waals surface area (Å²) in [7, 11) is 1.53. The molecule has 102 valence electrons. The summed E-state index contributed by atoms with van der Waals surface area (Å²) in [5.41, 5.74) is 1.50. The van der Waals surface area contributed by atoms with E-state index in [0.29, 0.717) is 11.3 Å². The highest BCUT2D eigenvalue weighted by atomic mass is 19.1. The molecule has 19 heavy (non-hydrogen) atoms. The normalized spacial score (nSPS) is 17.1. The summed E-state index contributed by atoms with van der Waals surface area (Å²) in [5.74, 6) is 0.229. The Kier molecular flexibility index (Phi) is 3.72. The monoisotopic (exact) mass is 263 g/mol. The van der Waals surface area contributed by atoms with Gasteiger partial charge >= 0.3 is 0 Å². The van der Waals surface area contributed by atoms with E-state index in [0.717, 1.165) is 36.8 Å². The van der Waals surface area contributed by atoms with Gasteiger partial charge in [-0.25, -0.2) is 9.18 Å². The SMILES string of the molecule is COc1c(C)c(F)cc(C2(N=C=O)CCCC2)c1C. The number of isocyanates is 1. The van der Waals surface area contributed by atoms with E-state index in [1.54, 1.807) is 13.0 Å². The summed E-state index contributed by atoms with van der Waals surface area (Å²) in [4.78, 5) is 14.7. The maximum atomic E-state index is 14.1. The van der Waals surface area contributed by atoms with Gasteiger partial charge in [0.25, 0.3) is 0 Å². The number of benzene rings is 1. The van der Waals surface area contributed by atoms with Gasteiger partial charge in [0.15, 0.2) is 0 Å². The third-order valence-electron chi connectivity index (χ3n) is 4.11. The summed E-state index contributed by atoms with van der Waals surface area (Å²) < 4.78 is 19.3. The van der Waals surface area contributed by atoms with Gasteiger partial charge in [0, 0.05) is 5.56 Å². The van der Waals surface area contributed by atoms with Crippen LogP contribution in [0.1, 0.15) is 42.4 Å². The van der Waals surface area contributed by atoms with Crippen molar-refractivity contribution in [3.8, 4) is 5.75 Å². The molecule has 0 unspecified atom stereocenters. The highest BCUT2D eigenvalue weighted by Crippen LogP contribution is 2.46. The van der Waals surface area contributed by atoms with Crippen LogP contribution in [0.5, 0.6) is 5.75 Å². The minimum atomic E-state index is -0.617. The van der Waals surface area contributed by atoms with Crippen molar-refractivity contribution >= 4 is 6.08 Å². The predicted molar refractivity (Wildman–Crippen MR) is 70.7 cm³/mol. The molecule has 0 N–H and O–H groups in total. The highest BCUT2D eigenvalue weighted by molar-refractivity contribution is 5.50. The molecule has 1 aromatic carbocycles. The van der Waals surface area contributed by atoms with Crippen LogP contribution in [0.3, 0.4) is 0 Å². The van der Waals surface area contributed by atoms with Crippen molar-refractivity contribution in [2.24, 2.45) is 4.99 Å². The summed E-state index contributed by atoms with van der Waals surface area (Å²) >= 11 is 0. The number of hydrogen-bond acceptors (Lipinski definition) is 3. The van der Waals surface area contributed by atoms with Gasteiger partial charge in [-0.15, -0.1) is 0 Å². The van der Waals surface area contributed by atoms with Crippen LogP contribution in [-0.2, 0) is 10.3 Å². The summed E-state index contributed by atoms with van der Waals surface area (Å²) in [6.07, 6.45) is 5.15. The Morgan fingerprint density at radius 1 is 1.32 bits per heavy atom.